The molecule has 19 heavy (non-hydrogen) atoms. The highest BCUT2D eigenvalue weighted by molar-refractivity contribution is 7.99. The summed E-state index contributed by atoms with van der Waals surface area (Å²) in [6.45, 7) is 8.02. The Morgan fingerprint density at radius 2 is 2.05 bits per heavy atom. The van der Waals surface area contributed by atoms with E-state index in [0.29, 0.717) is 0 Å². The summed E-state index contributed by atoms with van der Waals surface area (Å²) in [6.07, 6.45) is 3.05. The highest BCUT2D eigenvalue weighted by Crippen LogP contribution is 2.25. The molecule has 0 aromatic carbocycles. The zero-order valence-electron chi connectivity index (χ0n) is 12.5. The number of anilines is 1. The van der Waals surface area contributed by atoms with E-state index in [2.05, 4.69) is 36.1 Å². The number of hydrogen-bond donors (Lipinski definition) is 1. The van der Waals surface area contributed by atoms with Crippen molar-refractivity contribution in [1.29, 1.82) is 0 Å². The van der Waals surface area contributed by atoms with Crippen LogP contribution in [0.15, 0.2) is 5.03 Å². The standard InChI is InChI=1S/C14H25N3OS/c1-5-8-12-16-13(15-6-2)11(3)14(17-12)19-10-7-9-18-4/h5-10H2,1-4H3,(H,15,16,17). The van der Waals surface area contributed by atoms with Crippen LogP contribution in [0.2, 0.25) is 0 Å². The molecule has 1 heterocycles. The lowest BCUT2D eigenvalue weighted by Gasteiger charge is -2.12. The zero-order chi connectivity index (χ0) is 14.1. The molecule has 0 aliphatic carbocycles. The molecule has 1 aromatic rings. The van der Waals surface area contributed by atoms with E-state index in [0.717, 1.165) is 60.4 Å². The molecule has 0 radical (unpaired) electrons. The minimum Gasteiger partial charge on any atom is -0.385 e. The van der Waals surface area contributed by atoms with Gasteiger partial charge in [-0.05, 0) is 26.7 Å². The molecule has 5 heteroatoms. The summed E-state index contributed by atoms with van der Waals surface area (Å²) in [7, 11) is 1.74. The quantitative estimate of drug-likeness (QED) is 0.428. The third kappa shape index (κ3) is 5.37. The SMILES string of the molecule is CCCc1nc(NCC)c(C)c(SCCCOC)n1. The van der Waals surface area contributed by atoms with Crippen molar-refractivity contribution < 1.29 is 4.74 Å². The molecule has 0 fully saturated rings. The van der Waals surface area contributed by atoms with Crippen LogP contribution in [0, 0.1) is 6.92 Å². The Morgan fingerprint density at radius 3 is 2.68 bits per heavy atom. The maximum absolute atomic E-state index is 5.08. The summed E-state index contributed by atoms with van der Waals surface area (Å²) in [5.74, 6) is 2.96. The number of aromatic nitrogens is 2. The molecule has 1 aromatic heterocycles. The van der Waals surface area contributed by atoms with Crippen molar-refractivity contribution in [2.75, 3.05) is 31.3 Å². The first-order valence-electron chi connectivity index (χ1n) is 6.96. The van der Waals surface area contributed by atoms with Gasteiger partial charge in [-0.2, -0.15) is 0 Å². The molecule has 4 nitrogen and oxygen atoms in total. The maximum Gasteiger partial charge on any atom is 0.133 e. The van der Waals surface area contributed by atoms with Gasteiger partial charge in [0.2, 0.25) is 0 Å². The van der Waals surface area contributed by atoms with Crippen LogP contribution < -0.4 is 5.32 Å². The monoisotopic (exact) mass is 283 g/mol. The molecule has 0 amide bonds. The molecule has 108 valence electrons. The summed E-state index contributed by atoms with van der Waals surface area (Å²) in [5, 5.41) is 4.43. The van der Waals surface area contributed by atoms with Gasteiger partial charge >= 0.3 is 0 Å². The van der Waals surface area contributed by atoms with Crippen LogP contribution in [0.1, 0.15) is 38.1 Å². The number of aryl methyl sites for hydroxylation is 1. The van der Waals surface area contributed by atoms with Gasteiger partial charge in [0, 0.05) is 38.0 Å². The predicted octanol–water partition coefficient (Wildman–Crippen LogP) is 3.30. The number of thioether (sulfide) groups is 1. The minimum absolute atomic E-state index is 0.805. The van der Waals surface area contributed by atoms with Crippen LogP contribution in [-0.4, -0.2) is 36.0 Å². The van der Waals surface area contributed by atoms with E-state index in [4.69, 9.17) is 4.74 Å². The van der Waals surface area contributed by atoms with Gasteiger partial charge in [0.15, 0.2) is 0 Å². The normalized spacial score (nSPS) is 10.7. The Bertz CT molecular complexity index is 385. The van der Waals surface area contributed by atoms with Gasteiger partial charge in [0.05, 0.1) is 0 Å². The first-order valence-corrected chi connectivity index (χ1v) is 7.94. The lowest BCUT2D eigenvalue weighted by atomic mass is 10.3. The molecule has 0 aliphatic rings. The zero-order valence-corrected chi connectivity index (χ0v) is 13.3. The third-order valence-electron chi connectivity index (χ3n) is 2.70. The average molecular weight is 283 g/mol. The van der Waals surface area contributed by atoms with E-state index < -0.39 is 0 Å². The highest BCUT2D eigenvalue weighted by atomic mass is 32.2. The van der Waals surface area contributed by atoms with Crippen molar-refractivity contribution in [2.24, 2.45) is 0 Å². The molecule has 0 saturated heterocycles. The van der Waals surface area contributed by atoms with Gasteiger partial charge in [-0.1, -0.05) is 6.92 Å². The number of ether oxygens (including phenoxy) is 1. The van der Waals surface area contributed by atoms with Gasteiger partial charge in [-0.25, -0.2) is 9.97 Å². The molecule has 0 aliphatic heterocycles. The van der Waals surface area contributed by atoms with Crippen molar-refractivity contribution in [3.05, 3.63) is 11.4 Å². The first kappa shape index (κ1) is 16.2. The Hall–Kier alpha value is -0.810. The average Bonchev–Trinajstić information content (AvgIpc) is 2.40. The molecule has 1 rings (SSSR count). The van der Waals surface area contributed by atoms with Gasteiger partial charge < -0.3 is 10.1 Å². The summed E-state index contributed by atoms with van der Waals surface area (Å²) < 4.78 is 5.08. The highest BCUT2D eigenvalue weighted by Gasteiger charge is 2.10. The molecule has 0 bridgehead atoms. The minimum atomic E-state index is 0.805. The summed E-state index contributed by atoms with van der Waals surface area (Å²) >= 11 is 1.80. The second kappa shape index (κ2) is 9.15. The molecular weight excluding hydrogens is 258 g/mol. The molecule has 0 unspecified atom stereocenters. The smallest absolute Gasteiger partial charge is 0.133 e. The Labute approximate surface area is 120 Å². The maximum atomic E-state index is 5.08. The lowest BCUT2D eigenvalue weighted by Crippen LogP contribution is -2.08. The van der Waals surface area contributed by atoms with E-state index in [1.807, 2.05) is 0 Å². The summed E-state index contributed by atoms with van der Waals surface area (Å²) in [5.41, 5.74) is 1.16. The van der Waals surface area contributed by atoms with Crippen LogP contribution in [0.4, 0.5) is 5.82 Å². The van der Waals surface area contributed by atoms with E-state index in [1.165, 1.54) is 0 Å². The third-order valence-corrected chi connectivity index (χ3v) is 3.86. The second-order valence-electron chi connectivity index (χ2n) is 4.39. The van der Waals surface area contributed by atoms with Gasteiger partial charge in [-0.15, -0.1) is 11.8 Å². The molecular formula is C14H25N3OS. The molecule has 0 atom stereocenters. The Balaban J connectivity index is 2.80. The number of hydrogen-bond acceptors (Lipinski definition) is 5. The van der Waals surface area contributed by atoms with E-state index in [9.17, 15) is 0 Å². The lowest BCUT2D eigenvalue weighted by molar-refractivity contribution is 0.200. The Morgan fingerprint density at radius 1 is 1.26 bits per heavy atom. The number of methoxy groups -OCH3 is 1. The predicted molar refractivity (Wildman–Crippen MR) is 82.1 cm³/mol. The number of nitrogens with one attached hydrogen (secondary N) is 1. The van der Waals surface area contributed by atoms with E-state index in [1.54, 1.807) is 18.9 Å². The van der Waals surface area contributed by atoms with E-state index in [-0.39, 0.29) is 0 Å². The Kier molecular flexibility index (Phi) is 7.82. The number of rotatable bonds is 9. The van der Waals surface area contributed by atoms with E-state index >= 15 is 0 Å². The number of nitrogens with zero attached hydrogens (tertiary/aromatic N) is 2. The van der Waals surface area contributed by atoms with Crippen LogP contribution in [0.5, 0.6) is 0 Å². The molecule has 1 N–H and O–H groups in total. The van der Waals surface area contributed by atoms with Gasteiger partial charge in [-0.3, -0.25) is 0 Å². The fraction of sp³-hybridized carbons (Fsp3) is 0.714. The topological polar surface area (TPSA) is 47.0 Å². The first-order chi connectivity index (χ1) is 9.22. The van der Waals surface area contributed by atoms with Crippen molar-refractivity contribution in [3.63, 3.8) is 0 Å². The van der Waals surface area contributed by atoms with Gasteiger partial charge in [0.1, 0.15) is 16.7 Å². The van der Waals surface area contributed by atoms with Crippen LogP contribution in [0.3, 0.4) is 0 Å². The largest absolute Gasteiger partial charge is 0.385 e. The fourth-order valence-corrected chi connectivity index (χ4v) is 2.67. The van der Waals surface area contributed by atoms with Crippen molar-refractivity contribution in [2.45, 2.75) is 45.1 Å². The van der Waals surface area contributed by atoms with Crippen molar-refractivity contribution in [3.8, 4) is 0 Å². The van der Waals surface area contributed by atoms with Crippen LogP contribution in [0.25, 0.3) is 0 Å². The fourth-order valence-electron chi connectivity index (χ4n) is 1.73. The van der Waals surface area contributed by atoms with Crippen LogP contribution >= 0.6 is 11.8 Å². The summed E-state index contributed by atoms with van der Waals surface area (Å²) in [4.78, 5) is 9.27. The molecule has 0 saturated carbocycles. The molecule has 0 spiro atoms. The van der Waals surface area contributed by atoms with Crippen LogP contribution in [-0.2, 0) is 11.2 Å². The second-order valence-corrected chi connectivity index (χ2v) is 5.48. The van der Waals surface area contributed by atoms with Crippen molar-refractivity contribution in [1.82, 2.24) is 9.97 Å². The van der Waals surface area contributed by atoms with Gasteiger partial charge in [0.25, 0.3) is 0 Å². The van der Waals surface area contributed by atoms with Crippen molar-refractivity contribution >= 4 is 17.6 Å². The summed E-state index contributed by atoms with van der Waals surface area (Å²) in [6, 6.07) is 0.